The maximum absolute atomic E-state index is 11.8. The molecule has 2 aromatic rings. The molecule has 0 radical (unpaired) electrons. The standard InChI is InChI=1S/C12H17N5O3/c1-8-6-9(15-17(8)2)12(18)13-5-4-10-14-11(7-19-3)20-16-10/h6H,4-5,7H2,1-3H3,(H,13,18). The molecule has 1 N–H and O–H groups in total. The van der Waals surface area contributed by atoms with Crippen LogP contribution in [0.3, 0.4) is 0 Å². The van der Waals surface area contributed by atoms with Crippen molar-refractivity contribution in [2.45, 2.75) is 20.0 Å². The van der Waals surface area contributed by atoms with Crippen molar-refractivity contribution in [3.05, 3.63) is 29.2 Å². The normalized spacial score (nSPS) is 10.8. The lowest BCUT2D eigenvalue weighted by molar-refractivity contribution is 0.0948. The summed E-state index contributed by atoms with van der Waals surface area (Å²) in [5.74, 6) is 0.748. The molecule has 1 amide bonds. The quantitative estimate of drug-likeness (QED) is 0.813. The smallest absolute Gasteiger partial charge is 0.271 e. The zero-order chi connectivity index (χ0) is 14.5. The van der Waals surface area contributed by atoms with Crippen LogP contribution in [0.1, 0.15) is 27.9 Å². The lowest BCUT2D eigenvalue weighted by Crippen LogP contribution is -2.26. The molecule has 0 bridgehead atoms. The van der Waals surface area contributed by atoms with Gasteiger partial charge in [-0.2, -0.15) is 10.1 Å². The van der Waals surface area contributed by atoms with E-state index in [2.05, 4.69) is 20.6 Å². The average molecular weight is 279 g/mol. The van der Waals surface area contributed by atoms with Gasteiger partial charge in [0.1, 0.15) is 12.3 Å². The van der Waals surface area contributed by atoms with E-state index in [0.717, 1.165) is 5.69 Å². The fraction of sp³-hybridized carbons (Fsp3) is 0.500. The summed E-state index contributed by atoms with van der Waals surface area (Å²) < 4.78 is 11.5. The number of methoxy groups -OCH3 is 1. The first-order valence-corrected chi connectivity index (χ1v) is 6.19. The molecule has 0 aromatic carbocycles. The van der Waals surface area contributed by atoms with Crippen molar-refractivity contribution in [3.8, 4) is 0 Å². The fourth-order valence-corrected chi connectivity index (χ4v) is 1.62. The van der Waals surface area contributed by atoms with Crippen LogP contribution in [0.25, 0.3) is 0 Å². The van der Waals surface area contributed by atoms with E-state index in [1.807, 2.05) is 6.92 Å². The minimum atomic E-state index is -0.214. The number of rotatable bonds is 6. The molecule has 8 nitrogen and oxygen atoms in total. The molecule has 0 saturated heterocycles. The Kier molecular flexibility index (Phi) is 4.46. The maximum atomic E-state index is 11.8. The Bertz CT molecular complexity index is 570. The molecule has 0 unspecified atom stereocenters. The molecule has 2 heterocycles. The Morgan fingerprint density at radius 2 is 2.35 bits per heavy atom. The van der Waals surface area contributed by atoms with Crippen molar-refractivity contribution in [1.82, 2.24) is 25.2 Å². The number of aryl methyl sites for hydroxylation is 2. The first-order valence-electron chi connectivity index (χ1n) is 6.19. The lowest BCUT2D eigenvalue weighted by Gasteiger charge is -1.99. The van der Waals surface area contributed by atoms with E-state index in [9.17, 15) is 4.79 Å². The van der Waals surface area contributed by atoms with E-state index in [4.69, 9.17) is 9.26 Å². The van der Waals surface area contributed by atoms with Crippen LogP contribution in [0, 0.1) is 6.92 Å². The second kappa shape index (κ2) is 6.29. The number of carbonyl (C=O) groups is 1. The first kappa shape index (κ1) is 14.2. The largest absolute Gasteiger partial charge is 0.375 e. The maximum Gasteiger partial charge on any atom is 0.271 e. The number of ether oxygens (including phenoxy) is 1. The summed E-state index contributed by atoms with van der Waals surface area (Å²) >= 11 is 0. The van der Waals surface area contributed by atoms with Crippen molar-refractivity contribution < 1.29 is 14.1 Å². The molecule has 8 heteroatoms. The number of nitrogens with zero attached hydrogens (tertiary/aromatic N) is 4. The number of aromatic nitrogens is 4. The topological polar surface area (TPSA) is 95.1 Å². The third kappa shape index (κ3) is 3.41. The molecule has 2 aromatic heterocycles. The minimum absolute atomic E-state index is 0.214. The Balaban J connectivity index is 1.81. The highest BCUT2D eigenvalue weighted by atomic mass is 16.5. The van der Waals surface area contributed by atoms with Gasteiger partial charge in [-0.05, 0) is 13.0 Å². The molecule has 0 aliphatic rings. The third-order valence-electron chi connectivity index (χ3n) is 2.76. The number of hydrogen-bond donors (Lipinski definition) is 1. The first-order chi connectivity index (χ1) is 9.60. The van der Waals surface area contributed by atoms with Gasteiger partial charge in [0.05, 0.1) is 0 Å². The van der Waals surface area contributed by atoms with Crippen molar-refractivity contribution in [3.63, 3.8) is 0 Å². The molecular weight excluding hydrogens is 262 g/mol. The van der Waals surface area contributed by atoms with Crippen molar-refractivity contribution >= 4 is 5.91 Å². The molecule has 0 aliphatic carbocycles. The van der Waals surface area contributed by atoms with E-state index in [-0.39, 0.29) is 12.5 Å². The SMILES string of the molecule is COCc1nc(CCNC(=O)c2cc(C)n(C)n2)no1. The van der Waals surface area contributed by atoms with Crippen molar-refractivity contribution in [2.24, 2.45) is 7.05 Å². The number of carbonyl (C=O) groups excluding carboxylic acids is 1. The van der Waals surface area contributed by atoms with E-state index in [0.29, 0.717) is 30.4 Å². The van der Waals surface area contributed by atoms with Gasteiger partial charge < -0.3 is 14.6 Å². The van der Waals surface area contributed by atoms with Crippen LogP contribution in [-0.2, 0) is 24.8 Å². The number of nitrogens with one attached hydrogen (secondary N) is 1. The summed E-state index contributed by atoms with van der Waals surface area (Å²) in [5.41, 5.74) is 1.33. The van der Waals surface area contributed by atoms with Gasteiger partial charge in [0.15, 0.2) is 5.82 Å². The van der Waals surface area contributed by atoms with Gasteiger partial charge in [0.25, 0.3) is 11.8 Å². The summed E-state index contributed by atoms with van der Waals surface area (Å²) in [5, 5.41) is 10.6. The van der Waals surface area contributed by atoms with Gasteiger partial charge >= 0.3 is 0 Å². The van der Waals surface area contributed by atoms with Crippen LogP contribution in [0.5, 0.6) is 0 Å². The monoisotopic (exact) mass is 279 g/mol. The summed E-state index contributed by atoms with van der Waals surface area (Å²) in [6.07, 6.45) is 0.491. The Hall–Kier alpha value is -2.22. The van der Waals surface area contributed by atoms with E-state index >= 15 is 0 Å². The minimum Gasteiger partial charge on any atom is -0.375 e. The van der Waals surface area contributed by atoms with Gasteiger partial charge in [-0.15, -0.1) is 0 Å². The van der Waals surface area contributed by atoms with Crippen LogP contribution in [0.2, 0.25) is 0 Å². The summed E-state index contributed by atoms with van der Waals surface area (Å²) in [7, 11) is 3.35. The Morgan fingerprint density at radius 3 is 3.00 bits per heavy atom. The van der Waals surface area contributed by atoms with Crippen LogP contribution >= 0.6 is 0 Å². The second-order valence-electron chi connectivity index (χ2n) is 4.34. The molecular formula is C12H17N5O3. The summed E-state index contributed by atoms with van der Waals surface area (Å²) in [4.78, 5) is 16.0. The van der Waals surface area contributed by atoms with Crippen LogP contribution < -0.4 is 5.32 Å². The fourth-order valence-electron chi connectivity index (χ4n) is 1.62. The molecule has 0 atom stereocenters. The number of hydrogen-bond acceptors (Lipinski definition) is 6. The zero-order valence-electron chi connectivity index (χ0n) is 11.7. The highest BCUT2D eigenvalue weighted by molar-refractivity contribution is 5.92. The van der Waals surface area contributed by atoms with Gasteiger partial charge in [0, 0.05) is 32.8 Å². The van der Waals surface area contributed by atoms with Crippen LogP contribution in [0.4, 0.5) is 0 Å². The summed E-state index contributed by atoms with van der Waals surface area (Å²) in [6, 6.07) is 1.74. The molecule has 0 fully saturated rings. The van der Waals surface area contributed by atoms with Gasteiger partial charge in [-0.25, -0.2) is 0 Å². The molecule has 20 heavy (non-hydrogen) atoms. The molecule has 108 valence electrons. The molecule has 0 aliphatic heterocycles. The van der Waals surface area contributed by atoms with Crippen molar-refractivity contribution in [2.75, 3.05) is 13.7 Å². The predicted molar refractivity (Wildman–Crippen MR) is 69.0 cm³/mol. The third-order valence-corrected chi connectivity index (χ3v) is 2.76. The highest BCUT2D eigenvalue weighted by Crippen LogP contribution is 2.02. The van der Waals surface area contributed by atoms with Crippen LogP contribution in [-0.4, -0.2) is 39.5 Å². The highest BCUT2D eigenvalue weighted by Gasteiger charge is 2.11. The molecule has 2 rings (SSSR count). The van der Waals surface area contributed by atoms with Gasteiger partial charge in [0.2, 0.25) is 0 Å². The predicted octanol–water partition coefficient (Wildman–Crippen LogP) is 0.230. The Morgan fingerprint density at radius 1 is 1.55 bits per heavy atom. The van der Waals surface area contributed by atoms with Gasteiger partial charge in [-0.3, -0.25) is 9.48 Å². The van der Waals surface area contributed by atoms with E-state index in [1.165, 1.54) is 0 Å². The zero-order valence-corrected chi connectivity index (χ0v) is 11.7. The Labute approximate surface area is 116 Å². The van der Waals surface area contributed by atoms with Gasteiger partial charge in [-0.1, -0.05) is 5.16 Å². The van der Waals surface area contributed by atoms with Crippen molar-refractivity contribution in [1.29, 1.82) is 0 Å². The second-order valence-corrected chi connectivity index (χ2v) is 4.34. The average Bonchev–Trinajstić information content (AvgIpc) is 2.98. The summed E-state index contributed by atoms with van der Waals surface area (Å²) in [6.45, 7) is 2.59. The lowest BCUT2D eigenvalue weighted by atomic mass is 10.3. The molecule has 0 spiro atoms. The van der Waals surface area contributed by atoms with E-state index in [1.54, 1.807) is 24.9 Å². The number of amides is 1. The molecule has 0 saturated carbocycles. The van der Waals surface area contributed by atoms with Crippen LogP contribution in [0.15, 0.2) is 10.6 Å². The van der Waals surface area contributed by atoms with E-state index < -0.39 is 0 Å².